The molecule has 0 spiro atoms. The Morgan fingerprint density at radius 2 is 1.64 bits per heavy atom. The van der Waals surface area contributed by atoms with Crippen LogP contribution in [-0.4, -0.2) is 11.2 Å². The van der Waals surface area contributed by atoms with Crippen molar-refractivity contribution in [3.8, 4) is 11.8 Å². The van der Waals surface area contributed by atoms with Crippen LogP contribution in [0.2, 0.25) is 0 Å². The molecular weight excluding hydrogens is 172 g/mol. The quantitative estimate of drug-likeness (QED) is 0.688. The highest BCUT2D eigenvalue weighted by Crippen LogP contribution is 2.19. The molecule has 0 aromatic heterocycles. The fraction of sp³-hybridized carbons (Fsp3) is 0.846. The Morgan fingerprint density at radius 3 is 1.93 bits per heavy atom. The first-order chi connectivity index (χ1) is 6.24. The van der Waals surface area contributed by atoms with Crippen LogP contribution < -0.4 is 0 Å². The lowest BCUT2D eigenvalue weighted by Gasteiger charge is -2.21. The Labute approximate surface area is 88.9 Å². The first-order valence-electron chi connectivity index (χ1n) is 5.42. The van der Waals surface area contributed by atoms with Gasteiger partial charge in [0.15, 0.2) is 0 Å². The van der Waals surface area contributed by atoms with Gasteiger partial charge in [-0.3, -0.25) is 0 Å². The summed E-state index contributed by atoms with van der Waals surface area (Å²) in [7, 11) is 0. The van der Waals surface area contributed by atoms with Gasteiger partial charge in [-0.25, -0.2) is 0 Å². The van der Waals surface area contributed by atoms with Crippen molar-refractivity contribution >= 4 is 0 Å². The normalized spacial score (nSPS) is 16.0. The van der Waals surface area contributed by atoms with Crippen LogP contribution in [0.15, 0.2) is 0 Å². The van der Waals surface area contributed by atoms with Gasteiger partial charge in [0.2, 0.25) is 0 Å². The Balaban J connectivity index is 4.25. The molecule has 0 saturated heterocycles. The molecule has 0 saturated carbocycles. The van der Waals surface area contributed by atoms with Crippen LogP contribution in [-0.2, 0) is 0 Å². The van der Waals surface area contributed by atoms with E-state index >= 15 is 0 Å². The minimum atomic E-state index is -0.260. The molecule has 2 atom stereocenters. The zero-order chi connectivity index (χ0) is 11.4. The van der Waals surface area contributed by atoms with Crippen molar-refractivity contribution in [1.82, 2.24) is 0 Å². The Hall–Kier alpha value is -0.480. The van der Waals surface area contributed by atoms with E-state index in [0.717, 1.165) is 6.42 Å². The van der Waals surface area contributed by atoms with Gasteiger partial charge in [-0.1, -0.05) is 19.8 Å². The number of hydrogen-bond donors (Lipinski definition) is 1. The standard InChI is InChI=1S/C13H24O/c1-10(2)12(11(3)14)8-7-9-13(4,5)6/h10-12,14H,8H2,1-6H3. The van der Waals surface area contributed by atoms with Crippen molar-refractivity contribution in [1.29, 1.82) is 0 Å². The van der Waals surface area contributed by atoms with Crippen molar-refractivity contribution in [2.24, 2.45) is 17.3 Å². The van der Waals surface area contributed by atoms with E-state index in [4.69, 9.17) is 0 Å². The third-order valence-electron chi connectivity index (χ3n) is 2.28. The van der Waals surface area contributed by atoms with Crippen molar-refractivity contribution in [2.75, 3.05) is 0 Å². The molecule has 0 heterocycles. The zero-order valence-electron chi connectivity index (χ0n) is 10.4. The maximum absolute atomic E-state index is 9.54. The molecule has 1 heteroatoms. The van der Waals surface area contributed by atoms with Gasteiger partial charge in [0.05, 0.1) is 6.10 Å². The fourth-order valence-electron chi connectivity index (χ4n) is 1.40. The molecule has 0 radical (unpaired) electrons. The van der Waals surface area contributed by atoms with Gasteiger partial charge >= 0.3 is 0 Å². The van der Waals surface area contributed by atoms with Gasteiger partial charge in [-0.05, 0) is 39.5 Å². The first kappa shape index (κ1) is 13.5. The minimum absolute atomic E-state index is 0.0697. The third kappa shape index (κ3) is 6.05. The number of aliphatic hydroxyl groups excluding tert-OH is 1. The van der Waals surface area contributed by atoms with E-state index in [1.54, 1.807) is 0 Å². The molecule has 14 heavy (non-hydrogen) atoms. The van der Waals surface area contributed by atoms with Gasteiger partial charge in [0, 0.05) is 11.8 Å². The molecule has 0 aromatic rings. The lowest BCUT2D eigenvalue weighted by Crippen LogP contribution is -2.21. The Kier molecular flexibility index (Phi) is 5.23. The molecule has 0 fully saturated rings. The smallest absolute Gasteiger partial charge is 0.0551 e. The highest BCUT2D eigenvalue weighted by Gasteiger charge is 2.17. The van der Waals surface area contributed by atoms with Crippen LogP contribution in [0.3, 0.4) is 0 Å². The molecule has 2 unspecified atom stereocenters. The van der Waals surface area contributed by atoms with Crippen LogP contribution in [0.5, 0.6) is 0 Å². The maximum Gasteiger partial charge on any atom is 0.0551 e. The SMILES string of the molecule is CC(C)C(CC#CC(C)(C)C)C(C)O. The summed E-state index contributed by atoms with van der Waals surface area (Å²) in [4.78, 5) is 0. The monoisotopic (exact) mass is 196 g/mol. The molecule has 0 bridgehead atoms. The number of hydrogen-bond acceptors (Lipinski definition) is 1. The zero-order valence-corrected chi connectivity index (χ0v) is 10.4. The van der Waals surface area contributed by atoms with Gasteiger partial charge in [0.25, 0.3) is 0 Å². The summed E-state index contributed by atoms with van der Waals surface area (Å²) in [5.74, 6) is 7.17. The summed E-state index contributed by atoms with van der Waals surface area (Å²) in [5, 5.41) is 9.54. The van der Waals surface area contributed by atoms with Gasteiger partial charge in [-0.2, -0.15) is 0 Å². The van der Waals surface area contributed by atoms with Gasteiger partial charge < -0.3 is 5.11 Å². The molecule has 1 N–H and O–H groups in total. The highest BCUT2D eigenvalue weighted by atomic mass is 16.3. The van der Waals surface area contributed by atoms with E-state index in [9.17, 15) is 5.11 Å². The van der Waals surface area contributed by atoms with E-state index < -0.39 is 0 Å². The summed E-state index contributed by atoms with van der Waals surface area (Å²) in [5.41, 5.74) is 0.0697. The number of aliphatic hydroxyl groups is 1. The van der Waals surface area contributed by atoms with Crippen LogP contribution in [0, 0.1) is 29.1 Å². The first-order valence-corrected chi connectivity index (χ1v) is 5.42. The molecule has 0 rings (SSSR count). The van der Waals surface area contributed by atoms with E-state index in [-0.39, 0.29) is 11.5 Å². The topological polar surface area (TPSA) is 20.2 Å². The number of rotatable bonds is 3. The molecule has 0 aliphatic carbocycles. The third-order valence-corrected chi connectivity index (χ3v) is 2.28. The van der Waals surface area contributed by atoms with E-state index in [1.807, 2.05) is 6.92 Å². The lowest BCUT2D eigenvalue weighted by molar-refractivity contribution is 0.101. The average molecular weight is 196 g/mol. The second-order valence-electron chi connectivity index (χ2n) is 5.40. The highest BCUT2D eigenvalue weighted by molar-refractivity contribution is 5.08. The van der Waals surface area contributed by atoms with E-state index in [1.165, 1.54) is 0 Å². The molecule has 1 nitrogen and oxygen atoms in total. The Morgan fingerprint density at radius 1 is 1.14 bits per heavy atom. The summed E-state index contributed by atoms with van der Waals surface area (Å²) in [6, 6.07) is 0. The van der Waals surface area contributed by atoms with Crippen LogP contribution in [0.1, 0.15) is 48.0 Å². The van der Waals surface area contributed by atoms with Crippen LogP contribution >= 0.6 is 0 Å². The summed E-state index contributed by atoms with van der Waals surface area (Å²) < 4.78 is 0. The molecular formula is C13H24O. The maximum atomic E-state index is 9.54. The molecule has 0 amide bonds. The van der Waals surface area contributed by atoms with Crippen LogP contribution in [0.4, 0.5) is 0 Å². The van der Waals surface area contributed by atoms with Crippen molar-refractivity contribution in [3.05, 3.63) is 0 Å². The molecule has 82 valence electrons. The second-order valence-corrected chi connectivity index (χ2v) is 5.40. The van der Waals surface area contributed by atoms with E-state index in [0.29, 0.717) is 11.8 Å². The minimum Gasteiger partial charge on any atom is -0.393 e. The summed E-state index contributed by atoms with van der Waals surface area (Å²) >= 11 is 0. The molecule has 0 aromatic carbocycles. The van der Waals surface area contributed by atoms with Crippen molar-refractivity contribution in [3.63, 3.8) is 0 Å². The summed E-state index contributed by atoms with van der Waals surface area (Å²) in [6.07, 6.45) is 0.538. The lowest BCUT2D eigenvalue weighted by atomic mass is 9.87. The van der Waals surface area contributed by atoms with Crippen molar-refractivity contribution in [2.45, 2.75) is 54.1 Å². The summed E-state index contributed by atoms with van der Waals surface area (Å²) in [6.45, 7) is 12.4. The predicted octanol–water partition coefficient (Wildman–Crippen LogP) is 3.08. The fourth-order valence-corrected chi connectivity index (χ4v) is 1.40. The van der Waals surface area contributed by atoms with Gasteiger partial charge in [0.1, 0.15) is 0 Å². The van der Waals surface area contributed by atoms with Crippen molar-refractivity contribution < 1.29 is 5.11 Å². The largest absolute Gasteiger partial charge is 0.393 e. The van der Waals surface area contributed by atoms with Gasteiger partial charge in [-0.15, -0.1) is 5.92 Å². The molecule has 0 aliphatic heterocycles. The second kappa shape index (κ2) is 5.41. The Bertz CT molecular complexity index is 202. The molecule has 0 aliphatic rings. The predicted molar refractivity (Wildman–Crippen MR) is 61.9 cm³/mol. The van der Waals surface area contributed by atoms with Crippen LogP contribution in [0.25, 0.3) is 0 Å². The average Bonchev–Trinajstić information content (AvgIpc) is 1.94. The van der Waals surface area contributed by atoms with E-state index in [2.05, 4.69) is 46.5 Å².